The third-order valence-corrected chi connectivity index (χ3v) is 6.47. The molecule has 0 unspecified atom stereocenters. The highest BCUT2D eigenvalue weighted by atomic mass is 16.6. The van der Waals surface area contributed by atoms with E-state index in [0.29, 0.717) is 46.1 Å². The van der Waals surface area contributed by atoms with Gasteiger partial charge in [0, 0.05) is 35.7 Å². The number of H-pyrrole nitrogens is 2. The van der Waals surface area contributed by atoms with Gasteiger partial charge in [0.15, 0.2) is 17.3 Å². The monoisotopic (exact) mass is 462 g/mol. The quantitative estimate of drug-likeness (QED) is 0.389. The number of rotatable bonds is 5. The Morgan fingerprint density at radius 2 is 1.76 bits per heavy atom. The van der Waals surface area contributed by atoms with Crippen molar-refractivity contribution in [1.29, 1.82) is 0 Å². The molecule has 0 spiro atoms. The molecular weight excluding hydrogens is 440 g/mol. The van der Waals surface area contributed by atoms with Crippen molar-refractivity contribution < 1.29 is 19.2 Å². The molecule has 0 saturated carbocycles. The van der Waals surface area contributed by atoms with Crippen LogP contribution < -0.4 is 20.3 Å². The van der Waals surface area contributed by atoms with E-state index in [4.69, 9.17) is 9.47 Å². The molecule has 0 bridgehead atoms. The van der Waals surface area contributed by atoms with Crippen LogP contribution in [0.1, 0.15) is 41.4 Å². The van der Waals surface area contributed by atoms with E-state index in [2.05, 4.69) is 15.5 Å². The fourth-order valence-corrected chi connectivity index (χ4v) is 4.91. The maximum atomic E-state index is 13.5. The summed E-state index contributed by atoms with van der Waals surface area (Å²) in [6.45, 7) is 0. The molecule has 1 aliphatic heterocycles. The van der Waals surface area contributed by atoms with Gasteiger partial charge >= 0.3 is 0 Å². The summed E-state index contributed by atoms with van der Waals surface area (Å²) in [5.41, 5.74) is 2.48. The average Bonchev–Trinajstić information content (AvgIpc) is 3.22. The number of non-ortho nitro benzene ring substituents is 1. The number of carbonyl (C=O) groups excluding carboxylic acids is 1. The zero-order valence-electron chi connectivity index (χ0n) is 18.5. The van der Waals surface area contributed by atoms with Gasteiger partial charge in [0.1, 0.15) is 5.82 Å². The first kappa shape index (κ1) is 21.5. The average molecular weight is 462 g/mol. The minimum absolute atomic E-state index is 0.0989. The van der Waals surface area contributed by atoms with Gasteiger partial charge in [0.25, 0.3) is 11.2 Å². The van der Waals surface area contributed by atoms with Crippen molar-refractivity contribution in [3.63, 3.8) is 0 Å². The normalized spacial score (nSPS) is 19.2. The number of nitro groups is 1. The number of carbonyl (C=O) groups is 1. The number of benzene rings is 2. The van der Waals surface area contributed by atoms with E-state index >= 15 is 0 Å². The lowest BCUT2D eigenvalue weighted by Crippen LogP contribution is -2.31. The van der Waals surface area contributed by atoms with Crippen molar-refractivity contribution in [3.8, 4) is 11.5 Å². The Morgan fingerprint density at radius 1 is 0.971 bits per heavy atom. The van der Waals surface area contributed by atoms with Crippen molar-refractivity contribution in [2.45, 2.75) is 24.7 Å². The van der Waals surface area contributed by atoms with Crippen LogP contribution in [0.4, 0.5) is 11.5 Å². The van der Waals surface area contributed by atoms with E-state index in [1.807, 2.05) is 18.2 Å². The third kappa shape index (κ3) is 3.43. The van der Waals surface area contributed by atoms with Crippen molar-refractivity contribution >= 4 is 17.3 Å². The minimum Gasteiger partial charge on any atom is -0.493 e. The van der Waals surface area contributed by atoms with Crippen molar-refractivity contribution in [2.75, 3.05) is 19.5 Å². The van der Waals surface area contributed by atoms with Crippen molar-refractivity contribution in [3.05, 3.63) is 90.9 Å². The smallest absolute Gasteiger partial charge is 0.270 e. The second kappa shape index (κ2) is 8.22. The molecule has 0 radical (unpaired) electrons. The van der Waals surface area contributed by atoms with Crippen molar-refractivity contribution in [2.24, 2.45) is 0 Å². The molecule has 0 saturated heterocycles. The Morgan fingerprint density at radius 3 is 2.50 bits per heavy atom. The van der Waals surface area contributed by atoms with Crippen LogP contribution in [0.15, 0.2) is 58.5 Å². The summed E-state index contributed by atoms with van der Waals surface area (Å²) in [4.78, 5) is 37.0. The van der Waals surface area contributed by atoms with Crippen LogP contribution in [0.5, 0.6) is 11.5 Å². The summed E-state index contributed by atoms with van der Waals surface area (Å²) in [7, 11) is 3.12. The van der Waals surface area contributed by atoms with Gasteiger partial charge in [-0.3, -0.25) is 29.9 Å². The zero-order valence-corrected chi connectivity index (χ0v) is 18.5. The number of ketones is 1. The third-order valence-electron chi connectivity index (χ3n) is 6.47. The molecule has 2 aliphatic rings. The lowest BCUT2D eigenvalue weighted by atomic mass is 9.72. The lowest BCUT2D eigenvalue weighted by molar-refractivity contribution is -0.384. The molecule has 2 aromatic carbocycles. The van der Waals surface area contributed by atoms with E-state index in [1.165, 1.54) is 12.1 Å². The van der Waals surface area contributed by atoms with Gasteiger partial charge in [-0.1, -0.05) is 18.2 Å². The molecule has 3 aromatic rings. The second-order valence-corrected chi connectivity index (χ2v) is 8.31. The number of aromatic nitrogens is 2. The SMILES string of the molecule is COc1ccc([C@@H]2CC(=O)C3=C(C2)Nc2[nH][nH]c(=O)c2[C@H]3c2cccc([N+](=O)[O-])c2)cc1OC. The molecule has 3 N–H and O–H groups in total. The van der Waals surface area contributed by atoms with E-state index in [1.54, 1.807) is 26.4 Å². The number of Topliss-reactive ketones (excluding diaryl/α,β-unsaturated/α-hetero) is 1. The van der Waals surface area contributed by atoms with Gasteiger partial charge in [-0.25, -0.2) is 0 Å². The van der Waals surface area contributed by atoms with Crippen molar-refractivity contribution in [1.82, 2.24) is 10.2 Å². The first-order valence-corrected chi connectivity index (χ1v) is 10.7. The number of aromatic amines is 2. The first-order chi connectivity index (χ1) is 16.4. The number of nitro benzene ring substituents is 1. The molecule has 10 heteroatoms. The molecule has 10 nitrogen and oxygen atoms in total. The zero-order chi connectivity index (χ0) is 24.0. The highest BCUT2D eigenvalue weighted by molar-refractivity contribution is 6.01. The highest BCUT2D eigenvalue weighted by Gasteiger charge is 2.40. The Kier molecular flexibility index (Phi) is 5.20. The Balaban J connectivity index is 1.60. The van der Waals surface area contributed by atoms with Crippen LogP contribution in [0.2, 0.25) is 0 Å². The van der Waals surface area contributed by atoms with Gasteiger partial charge in [0.2, 0.25) is 0 Å². The summed E-state index contributed by atoms with van der Waals surface area (Å²) in [5.74, 6) is 0.703. The molecule has 34 heavy (non-hydrogen) atoms. The van der Waals surface area contributed by atoms with Gasteiger partial charge in [-0.2, -0.15) is 0 Å². The van der Waals surface area contributed by atoms with Crippen LogP contribution in [0.3, 0.4) is 0 Å². The number of ether oxygens (including phenoxy) is 2. The Hall–Kier alpha value is -4.34. The van der Waals surface area contributed by atoms with Crippen LogP contribution in [0.25, 0.3) is 0 Å². The van der Waals surface area contributed by atoms with E-state index < -0.39 is 10.8 Å². The Labute approximate surface area is 193 Å². The summed E-state index contributed by atoms with van der Waals surface area (Å²) < 4.78 is 10.7. The topological polar surface area (TPSA) is 139 Å². The van der Waals surface area contributed by atoms with Gasteiger partial charge in [-0.15, -0.1) is 0 Å². The molecule has 0 amide bonds. The largest absolute Gasteiger partial charge is 0.493 e. The summed E-state index contributed by atoms with van der Waals surface area (Å²) >= 11 is 0. The predicted octanol–water partition coefficient (Wildman–Crippen LogP) is 3.59. The molecule has 2 heterocycles. The van der Waals surface area contributed by atoms with Crippen LogP contribution in [-0.2, 0) is 4.79 Å². The van der Waals surface area contributed by atoms with Gasteiger partial charge < -0.3 is 14.8 Å². The second-order valence-electron chi connectivity index (χ2n) is 8.31. The molecule has 5 rings (SSSR count). The summed E-state index contributed by atoms with van der Waals surface area (Å²) in [5, 5.41) is 20.0. The van der Waals surface area contributed by atoms with Gasteiger partial charge in [-0.05, 0) is 35.6 Å². The van der Waals surface area contributed by atoms with Gasteiger partial charge in [0.05, 0.1) is 24.7 Å². The maximum absolute atomic E-state index is 13.5. The lowest BCUT2D eigenvalue weighted by Gasteiger charge is -2.34. The number of nitrogens with one attached hydrogen (secondary N) is 3. The fourth-order valence-electron chi connectivity index (χ4n) is 4.91. The number of nitrogens with zero attached hydrogens (tertiary/aromatic N) is 1. The first-order valence-electron chi connectivity index (χ1n) is 10.7. The predicted molar refractivity (Wildman–Crippen MR) is 124 cm³/mol. The molecule has 0 fully saturated rings. The number of hydrogen-bond acceptors (Lipinski definition) is 7. The molecule has 1 aromatic heterocycles. The fraction of sp³-hybridized carbons (Fsp3) is 0.250. The Bertz CT molecular complexity index is 1400. The van der Waals surface area contributed by atoms with Crippen LogP contribution in [-0.4, -0.2) is 35.1 Å². The summed E-state index contributed by atoms with van der Waals surface area (Å²) in [6, 6.07) is 11.7. The summed E-state index contributed by atoms with van der Waals surface area (Å²) in [6.07, 6.45) is 0.758. The molecule has 1 aliphatic carbocycles. The highest BCUT2D eigenvalue weighted by Crippen LogP contribution is 2.47. The maximum Gasteiger partial charge on any atom is 0.270 e. The minimum atomic E-state index is -0.708. The molecular formula is C24H22N4O6. The van der Waals surface area contributed by atoms with E-state index in [9.17, 15) is 19.7 Å². The van der Waals surface area contributed by atoms with E-state index in [0.717, 1.165) is 5.56 Å². The molecule has 174 valence electrons. The number of allylic oxidation sites excluding steroid dienone is 2. The number of fused-ring (bicyclic) bond motifs is 1. The van der Waals surface area contributed by atoms with E-state index in [-0.39, 0.29) is 29.4 Å². The molecule has 2 atom stereocenters. The van der Waals surface area contributed by atoms with Crippen LogP contribution >= 0.6 is 0 Å². The standard InChI is InChI=1S/C24H22N4O6/c1-33-18-7-6-12(11-19(18)34-2)14-9-16-21(17(29)10-14)20(22-23(25-16)26-27-24(22)30)13-4-3-5-15(8-13)28(31)32/h3-8,11,14,20H,9-10H2,1-2H3,(H3,25,26,27,30)/t14-,20-/m0/s1. The van der Waals surface area contributed by atoms with Crippen LogP contribution in [0, 0.1) is 10.1 Å². The number of methoxy groups -OCH3 is 2. The number of anilines is 1. The number of hydrogen-bond donors (Lipinski definition) is 3.